The van der Waals surface area contributed by atoms with Gasteiger partial charge in [-0.05, 0) is 50.3 Å². The second kappa shape index (κ2) is 6.71. The number of carbonyl (C=O) groups is 1. The van der Waals surface area contributed by atoms with Crippen LogP contribution in [0.1, 0.15) is 38.2 Å². The van der Waals surface area contributed by atoms with Crippen molar-refractivity contribution in [1.82, 2.24) is 4.90 Å². The highest BCUT2D eigenvalue weighted by molar-refractivity contribution is 5.76. The van der Waals surface area contributed by atoms with E-state index in [0.29, 0.717) is 13.0 Å². The lowest BCUT2D eigenvalue weighted by molar-refractivity contribution is -0.133. The molecule has 0 aliphatic carbocycles. The third-order valence-electron chi connectivity index (χ3n) is 4.09. The van der Waals surface area contributed by atoms with Crippen molar-refractivity contribution in [2.75, 3.05) is 13.1 Å². The molecule has 0 saturated carbocycles. The summed E-state index contributed by atoms with van der Waals surface area (Å²) in [6.07, 6.45) is 3.77. The predicted molar refractivity (Wildman–Crippen MR) is 78.9 cm³/mol. The predicted octanol–water partition coefficient (Wildman–Crippen LogP) is 3.30. The van der Waals surface area contributed by atoms with Crippen LogP contribution in [0.5, 0.6) is 0 Å². The van der Waals surface area contributed by atoms with E-state index in [9.17, 15) is 14.4 Å². The fourth-order valence-corrected chi connectivity index (χ4v) is 2.80. The van der Waals surface area contributed by atoms with E-state index in [1.165, 1.54) is 12.1 Å². The van der Waals surface area contributed by atoms with Gasteiger partial charge in [0.05, 0.1) is 11.5 Å². The van der Waals surface area contributed by atoms with Crippen molar-refractivity contribution in [3.05, 3.63) is 35.6 Å². The van der Waals surface area contributed by atoms with Crippen LogP contribution < -0.4 is 0 Å². The number of hydrogen-bond acceptors (Lipinski definition) is 2. The summed E-state index contributed by atoms with van der Waals surface area (Å²) in [6, 6.07) is 8.73. The van der Waals surface area contributed by atoms with Crippen molar-refractivity contribution in [3.63, 3.8) is 0 Å². The highest BCUT2D eigenvalue weighted by Gasteiger charge is 2.32. The first kappa shape index (κ1) is 15.5. The molecule has 2 rings (SSSR count). The van der Waals surface area contributed by atoms with Gasteiger partial charge < -0.3 is 4.90 Å². The molecule has 1 aromatic carbocycles. The van der Waals surface area contributed by atoms with Gasteiger partial charge in [0.25, 0.3) is 0 Å². The van der Waals surface area contributed by atoms with Crippen LogP contribution >= 0.6 is 0 Å². The van der Waals surface area contributed by atoms with E-state index in [4.69, 9.17) is 0 Å². The van der Waals surface area contributed by atoms with Gasteiger partial charge in [-0.3, -0.25) is 4.79 Å². The van der Waals surface area contributed by atoms with E-state index < -0.39 is 5.41 Å². The Morgan fingerprint density at radius 1 is 1.43 bits per heavy atom. The molecule has 1 unspecified atom stereocenters. The third kappa shape index (κ3) is 4.29. The standard InChI is InChI=1S/C17H21FN2O/c1-17(12-19)10-3-11-20(13-17)16(21)5-2-4-14-6-8-15(18)9-7-14/h6-9H,2-5,10-11,13H2,1H3. The Morgan fingerprint density at radius 3 is 2.81 bits per heavy atom. The molecule has 1 amide bonds. The molecule has 1 aliphatic rings. The molecule has 0 radical (unpaired) electrons. The lowest BCUT2D eigenvalue weighted by Gasteiger charge is -2.36. The molecule has 1 heterocycles. The van der Waals surface area contributed by atoms with Crippen molar-refractivity contribution < 1.29 is 9.18 Å². The molecule has 0 bridgehead atoms. The molecular formula is C17H21FN2O. The van der Waals surface area contributed by atoms with Gasteiger partial charge in [-0.15, -0.1) is 0 Å². The third-order valence-corrected chi connectivity index (χ3v) is 4.09. The Hall–Kier alpha value is -1.89. The summed E-state index contributed by atoms with van der Waals surface area (Å²) in [7, 11) is 0. The molecule has 1 aliphatic heterocycles. The van der Waals surface area contributed by atoms with E-state index in [2.05, 4.69) is 6.07 Å². The number of piperidine rings is 1. The zero-order valence-electron chi connectivity index (χ0n) is 12.4. The molecule has 4 heteroatoms. The van der Waals surface area contributed by atoms with Crippen molar-refractivity contribution in [1.29, 1.82) is 5.26 Å². The molecule has 3 nitrogen and oxygen atoms in total. The second-order valence-electron chi connectivity index (χ2n) is 6.07. The normalized spacial score (nSPS) is 21.9. The first-order chi connectivity index (χ1) is 10.0. The highest BCUT2D eigenvalue weighted by atomic mass is 19.1. The summed E-state index contributed by atoms with van der Waals surface area (Å²) in [6.45, 7) is 3.22. The number of hydrogen-bond donors (Lipinski definition) is 0. The second-order valence-corrected chi connectivity index (χ2v) is 6.07. The largest absolute Gasteiger partial charge is 0.341 e. The Bertz CT molecular complexity index is 535. The maximum absolute atomic E-state index is 12.8. The molecule has 1 aromatic rings. The Kier molecular flexibility index (Phi) is 4.95. The molecular weight excluding hydrogens is 267 g/mol. The highest BCUT2D eigenvalue weighted by Crippen LogP contribution is 2.28. The number of likely N-dealkylation sites (tertiary alicyclic amines) is 1. The number of carbonyl (C=O) groups excluding carboxylic acids is 1. The van der Waals surface area contributed by atoms with Gasteiger partial charge in [0.2, 0.25) is 5.91 Å². The van der Waals surface area contributed by atoms with Crippen LogP contribution in [0.3, 0.4) is 0 Å². The number of nitriles is 1. The maximum atomic E-state index is 12.8. The van der Waals surface area contributed by atoms with Crippen LogP contribution in [0.4, 0.5) is 4.39 Å². The van der Waals surface area contributed by atoms with Crippen molar-refractivity contribution in [2.24, 2.45) is 5.41 Å². The fourth-order valence-electron chi connectivity index (χ4n) is 2.80. The van der Waals surface area contributed by atoms with Crippen molar-refractivity contribution >= 4 is 5.91 Å². The molecule has 0 N–H and O–H groups in total. The fraction of sp³-hybridized carbons (Fsp3) is 0.529. The summed E-state index contributed by atoms with van der Waals surface area (Å²) in [5, 5.41) is 9.18. The number of nitrogens with zero attached hydrogens (tertiary/aromatic N) is 2. The number of benzene rings is 1. The molecule has 1 fully saturated rings. The van der Waals surface area contributed by atoms with E-state index in [1.807, 2.05) is 11.8 Å². The lowest BCUT2D eigenvalue weighted by Crippen LogP contribution is -2.44. The van der Waals surface area contributed by atoms with Crippen LogP contribution in [0.25, 0.3) is 0 Å². The minimum absolute atomic E-state index is 0.123. The van der Waals surface area contributed by atoms with E-state index in [1.54, 1.807) is 12.1 Å². The van der Waals surface area contributed by atoms with Gasteiger partial charge in [-0.1, -0.05) is 12.1 Å². The number of halogens is 1. The van der Waals surface area contributed by atoms with Gasteiger partial charge in [0.15, 0.2) is 0 Å². The Balaban J connectivity index is 1.79. The summed E-state index contributed by atoms with van der Waals surface area (Å²) < 4.78 is 12.8. The van der Waals surface area contributed by atoms with E-state index >= 15 is 0 Å². The first-order valence-electron chi connectivity index (χ1n) is 7.46. The number of rotatable bonds is 4. The zero-order chi connectivity index (χ0) is 15.3. The minimum Gasteiger partial charge on any atom is -0.341 e. The monoisotopic (exact) mass is 288 g/mol. The van der Waals surface area contributed by atoms with Crippen molar-refractivity contribution in [2.45, 2.75) is 39.0 Å². The summed E-state index contributed by atoms with van der Waals surface area (Å²) in [5.41, 5.74) is 0.648. The molecule has 21 heavy (non-hydrogen) atoms. The van der Waals surface area contributed by atoms with Crippen LogP contribution in [-0.2, 0) is 11.2 Å². The quantitative estimate of drug-likeness (QED) is 0.853. The number of amides is 1. The summed E-state index contributed by atoms with van der Waals surface area (Å²) in [4.78, 5) is 14.0. The van der Waals surface area contributed by atoms with Gasteiger partial charge in [0, 0.05) is 19.5 Å². The van der Waals surface area contributed by atoms with E-state index in [-0.39, 0.29) is 11.7 Å². The van der Waals surface area contributed by atoms with Crippen molar-refractivity contribution in [3.8, 4) is 6.07 Å². The van der Waals surface area contributed by atoms with Gasteiger partial charge in [-0.25, -0.2) is 4.39 Å². The van der Waals surface area contributed by atoms with Gasteiger partial charge >= 0.3 is 0 Å². The van der Waals surface area contributed by atoms with Crippen LogP contribution in [0, 0.1) is 22.6 Å². The Morgan fingerprint density at radius 2 is 2.14 bits per heavy atom. The molecule has 0 aromatic heterocycles. The lowest BCUT2D eigenvalue weighted by atomic mass is 9.83. The van der Waals surface area contributed by atoms with E-state index in [0.717, 1.165) is 37.8 Å². The summed E-state index contributed by atoms with van der Waals surface area (Å²) in [5.74, 6) is -0.114. The first-order valence-corrected chi connectivity index (χ1v) is 7.46. The minimum atomic E-state index is -0.398. The average Bonchev–Trinajstić information content (AvgIpc) is 2.49. The van der Waals surface area contributed by atoms with Crippen LogP contribution in [-0.4, -0.2) is 23.9 Å². The Labute approximate surface area is 125 Å². The molecule has 1 saturated heterocycles. The van der Waals surface area contributed by atoms with Crippen LogP contribution in [0.2, 0.25) is 0 Å². The van der Waals surface area contributed by atoms with Gasteiger partial charge in [-0.2, -0.15) is 5.26 Å². The molecule has 1 atom stereocenters. The smallest absolute Gasteiger partial charge is 0.222 e. The topological polar surface area (TPSA) is 44.1 Å². The average molecular weight is 288 g/mol. The van der Waals surface area contributed by atoms with Crippen LogP contribution in [0.15, 0.2) is 24.3 Å². The molecule has 0 spiro atoms. The maximum Gasteiger partial charge on any atom is 0.222 e. The zero-order valence-corrected chi connectivity index (χ0v) is 12.4. The molecule has 112 valence electrons. The SMILES string of the molecule is CC1(C#N)CCCN(C(=O)CCCc2ccc(F)cc2)C1. The number of aryl methyl sites for hydroxylation is 1. The van der Waals surface area contributed by atoms with Gasteiger partial charge in [0.1, 0.15) is 5.82 Å². The summed E-state index contributed by atoms with van der Waals surface area (Å²) >= 11 is 0.